The minimum Gasteiger partial charge on any atom is -0.351 e. The van der Waals surface area contributed by atoms with Crippen molar-refractivity contribution in [3.8, 4) is 0 Å². The molecule has 0 radical (unpaired) electrons. The van der Waals surface area contributed by atoms with Crippen molar-refractivity contribution in [3.63, 3.8) is 0 Å². The molecule has 1 N–H and O–H groups in total. The first-order valence-electron chi connectivity index (χ1n) is 7.70. The van der Waals surface area contributed by atoms with Gasteiger partial charge >= 0.3 is 6.18 Å². The molecule has 0 spiro atoms. The van der Waals surface area contributed by atoms with Gasteiger partial charge in [0.05, 0.1) is 11.1 Å². The summed E-state index contributed by atoms with van der Waals surface area (Å²) in [6, 6.07) is 2.94. The molecular formula is C17H12F3N3O4S. The molecule has 0 aliphatic heterocycles. The highest BCUT2D eigenvalue weighted by molar-refractivity contribution is 7.95. The molecule has 0 saturated carbocycles. The summed E-state index contributed by atoms with van der Waals surface area (Å²) in [5.41, 5.74) is -2.12. The zero-order valence-corrected chi connectivity index (χ0v) is 15.3. The SMILES string of the molecule is Cc1cc(NC2=C(S(C)(=O)=O)C(=O)c3ncncc3C2=O)ccc1C(F)(F)F. The van der Waals surface area contributed by atoms with Crippen LogP contribution in [0.3, 0.4) is 0 Å². The van der Waals surface area contributed by atoms with E-state index in [0.717, 1.165) is 37.0 Å². The zero-order valence-electron chi connectivity index (χ0n) is 14.5. The van der Waals surface area contributed by atoms with Gasteiger partial charge in [0.15, 0.2) is 9.84 Å². The van der Waals surface area contributed by atoms with Crippen LogP contribution in [-0.4, -0.2) is 36.2 Å². The van der Waals surface area contributed by atoms with Crippen LogP contribution < -0.4 is 5.32 Å². The van der Waals surface area contributed by atoms with E-state index in [1.807, 2.05) is 0 Å². The second kappa shape index (κ2) is 6.51. The summed E-state index contributed by atoms with van der Waals surface area (Å²) >= 11 is 0. The summed E-state index contributed by atoms with van der Waals surface area (Å²) in [5.74, 6) is -1.85. The summed E-state index contributed by atoms with van der Waals surface area (Å²) in [6.07, 6.45) is -1.74. The van der Waals surface area contributed by atoms with E-state index in [1.54, 1.807) is 0 Å². The van der Waals surface area contributed by atoms with Gasteiger partial charge in [-0.2, -0.15) is 13.2 Å². The number of sulfone groups is 1. The topological polar surface area (TPSA) is 106 Å². The first-order valence-corrected chi connectivity index (χ1v) is 9.59. The lowest BCUT2D eigenvalue weighted by Crippen LogP contribution is -2.30. The van der Waals surface area contributed by atoms with E-state index < -0.39 is 43.7 Å². The number of allylic oxidation sites excluding steroid dienone is 2. The summed E-state index contributed by atoms with van der Waals surface area (Å²) in [5, 5.41) is 2.49. The van der Waals surface area contributed by atoms with E-state index >= 15 is 0 Å². The number of alkyl halides is 3. The molecule has 1 aliphatic rings. The number of benzene rings is 1. The lowest BCUT2D eigenvalue weighted by Gasteiger charge is -2.20. The number of hydrogen-bond donors (Lipinski definition) is 1. The Morgan fingerprint density at radius 1 is 1.11 bits per heavy atom. The first kappa shape index (κ1) is 19.7. The van der Waals surface area contributed by atoms with Gasteiger partial charge < -0.3 is 5.32 Å². The Bertz CT molecular complexity index is 1150. The summed E-state index contributed by atoms with van der Waals surface area (Å²) in [4.78, 5) is 31.9. The predicted octanol–water partition coefficient (Wildman–Crippen LogP) is 2.55. The molecule has 0 bridgehead atoms. The molecule has 7 nitrogen and oxygen atoms in total. The van der Waals surface area contributed by atoms with Gasteiger partial charge in [-0.25, -0.2) is 18.4 Å². The highest BCUT2D eigenvalue weighted by Gasteiger charge is 2.39. The van der Waals surface area contributed by atoms with E-state index in [4.69, 9.17) is 0 Å². The standard InChI is InChI=1S/C17H12F3N3O4S/c1-8-5-9(3-4-11(8)17(18,19)20)23-13-14(24)10-6-21-7-22-12(10)15(25)16(13)28(2,26)27/h3-7,23H,1-2H3. The molecular weight excluding hydrogens is 399 g/mol. The monoisotopic (exact) mass is 411 g/mol. The Balaban J connectivity index is 2.14. The second-order valence-corrected chi connectivity index (χ2v) is 8.02. The average Bonchev–Trinajstić information content (AvgIpc) is 2.57. The number of carbonyl (C=O) groups excluding carboxylic acids is 2. The molecule has 0 unspecified atom stereocenters. The molecule has 0 atom stereocenters. The maximum atomic E-state index is 12.9. The highest BCUT2D eigenvalue weighted by Crippen LogP contribution is 2.34. The first-order chi connectivity index (χ1) is 12.9. The maximum Gasteiger partial charge on any atom is 0.416 e. The third-order valence-corrected chi connectivity index (χ3v) is 5.14. The molecule has 1 aliphatic carbocycles. The van der Waals surface area contributed by atoms with E-state index in [2.05, 4.69) is 15.3 Å². The number of anilines is 1. The molecule has 1 aromatic heterocycles. The Morgan fingerprint density at radius 2 is 1.79 bits per heavy atom. The number of aryl methyl sites for hydroxylation is 1. The van der Waals surface area contributed by atoms with Crippen molar-refractivity contribution in [2.24, 2.45) is 0 Å². The molecule has 0 fully saturated rings. The average molecular weight is 411 g/mol. The van der Waals surface area contributed by atoms with Crippen molar-refractivity contribution < 1.29 is 31.2 Å². The summed E-state index contributed by atoms with van der Waals surface area (Å²) < 4.78 is 63.0. The van der Waals surface area contributed by atoms with Gasteiger partial charge in [-0.05, 0) is 30.7 Å². The Labute approximate surface area is 157 Å². The number of Topliss-reactive ketones (excluding diaryl/α,β-unsaturated/α-hetero) is 2. The third-order valence-electron chi connectivity index (χ3n) is 4.00. The van der Waals surface area contributed by atoms with Crippen LogP contribution in [0.2, 0.25) is 0 Å². The third kappa shape index (κ3) is 3.40. The summed E-state index contributed by atoms with van der Waals surface area (Å²) in [6.45, 7) is 1.22. The number of aromatic nitrogens is 2. The van der Waals surface area contributed by atoms with Crippen LogP contribution in [0.5, 0.6) is 0 Å². The van der Waals surface area contributed by atoms with Gasteiger partial charge in [0, 0.05) is 18.1 Å². The molecule has 0 saturated heterocycles. The quantitative estimate of drug-likeness (QED) is 0.827. The molecule has 3 rings (SSSR count). The number of nitrogens with one attached hydrogen (secondary N) is 1. The maximum absolute atomic E-state index is 12.9. The fourth-order valence-corrected chi connectivity index (χ4v) is 3.75. The van der Waals surface area contributed by atoms with Crippen LogP contribution in [0, 0.1) is 6.92 Å². The van der Waals surface area contributed by atoms with Crippen LogP contribution in [0.1, 0.15) is 32.0 Å². The number of hydrogen-bond acceptors (Lipinski definition) is 7. The van der Waals surface area contributed by atoms with E-state index in [9.17, 15) is 31.2 Å². The van der Waals surface area contributed by atoms with Crippen molar-refractivity contribution in [1.29, 1.82) is 0 Å². The highest BCUT2D eigenvalue weighted by atomic mass is 32.2. The number of carbonyl (C=O) groups is 2. The minimum absolute atomic E-state index is 0.0168. The smallest absolute Gasteiger partial charge is 0.351 e. The van der Waals surface area contributed by atoms with E-state index in [0.29, 0.717) is 0 Å². The van der Waals surface area contributed by atoms with Crippen molar-refractivity contribution in [1.82, 2.24) is 9.97 Å². The molecule has 11 heteroatoms. The van der Waals surface area contributed by atoms with Gasteiger partial charge in [0.1, 0.15) is 22.6 Å². The zero-order chi connectivity index (χ0) is 20.9. The van der Waals surface area contributed by atoms with Crippen LogP contribution in [0.25, 0.3) is 0 Å². The van der Waals surface area contributed by atoms with Gasteiger partial charge in [-0.15, -0.1) is 0 Å². The van der Waals surface area contributed by atoms with E-state index in [-0.39, 0.29) is 22.5 Å². The molecule has 2 aromatic rings. The molecule has 146 valence electrons. The van der Waals surface area contributed by atoms with Gasteiger partial charge in [0.25, 0.3) is 0 Å². The normalized spacial score (nSPS) is 14.9. The Kier molecular flexibility index (Phi) is 4.58. The Hall–Kier alpha value is -3.08. The van der Waals surface area contributed by atoms with Crippen molar-refractivity contribution >= 4 is 27.1 Å². The van der Waals surface area contributed by atoms with Gasteiger partial charge in [-0.3, -0.25) is 9.59 Å². The fraction of sp³-hybridized carbons (Fsp3) is 0.176. The van der Waals surface area contributed by atoms with Crippen LogP contribution >= 0.6 is 0 Å². The van der Waals surface area contributed by atoms with Crippen molar-refractivity contribution in [2.45, 2.75) is 13.1 Å². The number of rotatable bonds is 3. The molecule has 0 amide bonds. The number of halogens is 3. The largest absolute Gasteiger partial charge is 0.416 e. The lowest BCUT2D eigenvalue weighted by molar-refractivity contribution is -0.138. The molecule has 1 heterocycles. The van der Waals surface area contributed by atoms with Gasteiger partial charge in [-0.1, -0.05) is 0 Å². The molecule has 28 heavy (non-hydrogen) atoms. The number of nitrogens with zero attached hydrogens (tertiary/aromatic N) is 2. The Morgan fingerprint density at radius 3 is 2.36 bits per heavy atom. The van der Waals surface area contributed by atoms with Crippen LogP contribution in [-0.2, 0) is 16.0 Å². The van der Waals surface area contributed by atoms with Crippen molar-refractivity contribution in [2.75, 3.05) is 11.6 Å². The van der Waals surface area contributed by atoms with Gasteiger partial charge in [0.2, 0.25) is 11.6 Å². The van der Waals surface area contributed by atoms with Crippen LogP contribution in [0.4, 0.5) is 18.9 Å². The van der Waals surface area contributed by atoms with Crippen molar-refractivity contribution in [3.05, 3.63) is 63.7 Å². The van der Waals surface area contributed by atoms with E-state index in [1.165, 1.54) is 6.92 Å². The second-order valence-electron chi connectivity index (χ2n) is 6.07. The fourth-order valence-electron chi connectivity index (χ4n) is 2.81. The number of fused-ring (bicyclic) bond motifs is 1. The predicted molar refractivity (Wildman–Crippen MR) is 92.4 cm³/mol. The lowest BCUT2D eigenvalue weighted by atomic mass is 9.98. The number of ketones is 2. The van der Waals surface area contributed by atoms with Crippen LogP contribution in [0.15, 0.2) is 41.3 Å². The minimum atomic E-state index is -4.56. The summed E-state index contributed by atoms with van der Waals surface area (Å²) in [7, 11) is -4.16. The molecule has 1 aromatic carbocycles.